The second-order valence-corrected chi connectivity index (χ2v) is 4.99. The molecule has 1 aromatic heterocycles. The highest BCUT2D eigenvalue weighted by molar-refractivity contribution is 9.10. The first-order valence-corrected chi connectivity index (χ1v) is 6.49. The number of tetrazole rings is 1. The Bertz CT molecular complexity index is 614. The summed E-state index contributed by atoms with van der Waals surface area (Å²) in [6.45, 7) is 1.03. The number of H-pyrrole nitrogens is 1. The minimum absolute atomic E-state index is 0.0209. The minimum Gasteiger partial charge on any atom is -0.493 e. The number of carbonyl (C=O) groups is 1. The van der Waals surface area contributed by atoms with Gasteiger partial charge in [0.05, 0.1) is 6.61 Å². The van der Waals surface area contributed by atoms with Gasteiger partial charge in [-0.15, -0.1) is 10.2 Å². The van der Waals surface area contributed by atoms with Gasteiger partial charge in [-0.25, -0.2) is 0 Å². The van der Waals surface area contributed by atoms with Crippen LogP contribution in [-0.2, 0) is 13.0 Å². The van der Waals surface area contributed by atoms with Gasteiger partial charge in [-0.05, 0) is 22.9 Å². The van der Waals surface area contributed by atoms with E-state index in [-0.39, 0.29) is 11.7 Å². The molecule has 1 aromatic carbocycles. The molecule has 0 bridgehead atoms. The highest BCUT2D eigenvalue weighted by atomic mass is 79.9. The Morgan fingerprint density at radius 3 is 3.21 bits per heavy atom. The zero-order valence-corrected chi connectivity index (χ0v) is 11.4. The quantitative estimate of drug-likeness (QED) is 0.872. The van der Waals surface area contributed by atoms with Crippen molar-refractivity contribution < 1.29 is 9.53 Å². The Morgan fingerprint density at radius 1 is 1.53 bits per heavy atom. The number of aromatic nitrogens is 4. The van der Waals surface area contributed by atoms with Crippen molar-refractivity contribution in [2.45, 2.75) is 13.0 Å². The summed E-state index contributed by atoms with van der Waals surface area (Å²) >= 11 is 3.45. The maximum Gasteiger partial charge on any atom is 0.293 e. The molecule has 8 heteroatoms. The van der Waals surface area contributed by atoms with Crippen LogP contribution in [0.15, 0.2) is 16.6 Å². The summed E-state index contributed by atoms with van der Waals surface area (Å²) in [6.07, 6.45) is 0.889. The molecule has 2 aromatic rings. The van der Waals surface area contributed by atoms with Crippen LogP contribution in [0.5, 0.6) is 5.75 Å². The molecular weight excluding hydrogens is 314 g/mol. The van der Waals surface area contributed by atoms with Crippen molar-refractivity contribution in [1.82, 2.24) is 25.9 Å². The Balaban J connectivity index is 1.76. The molecule has 1 aliphatic rings. The van der Waals surface area contributed by atoms with E-state index in [0.717, 1.165) is 27.8 Å². The summed E-state index contributed by atoms with van der Waals surface area (Å²) in [7, 11) is 0. The van der Waals surface area contributed by atoms with Crippen LogP contribution in [0.25, 0.3) is 0 Å². The average molecular weight is 324 g/mol. The maximum atomic E-state index is 11.7. The van der Waals surface area contributed by atoms with E-state index in [1.165, 1.54) is 0 Å². The van der Waals surface area contributed by atoms with E-state index in [9.17, 15) is 4.79 Å². The number of carbonyl (C=O) groups excluding carboxylic acids is 1. The summed E-state index contributed by atoms with van der Waals surface area (Å²) in [5, 5.41) is 15.5. The standard InChI is InChI=1S/C11H10BrN5O2/c12-8-3-6-1-2-19-9(6)7(4-8)5-13-11(18)10-14-16-17-15-10/h3-4H,1-2,5H2,(H,13,18)(H,14,15,16,17). The summed E-state index contributed by atoms with van der Waals surface area (Å²) in [5.74, 6) is 0.504. The lowest BCUT2D eigenvalue weighted by molar-refractivity contribution is 0.0940. The van der Waals surface area contributed by atoms with Crippen LogP contribution in [0.1, 0.15) is 21.7 Å². The van der Waals surface area contributed by atoms with Crippen molar-refractivity contribution in [3.63, 3.8) is 0 Å². The van der Waals surface area contributed by atoms with Crippen molar-refractivity contribution in [3.05, 3.63) is 33.6 Å². The number of rotatable bonds is 3. The van der Waals surface area contributed by atoms with Crippen LogP contribution in [0, 0.1) is 0 Å². The summed E-state index contributed by atoms with van der Waals surface area (Å²) in [6, 6.07) is 3.97. The van der Waals surface area contributed by atoms with Crippen LogP contribution in [0.2, 0.25) is 0 Å². The molecule has 0 spiro atoms. The average Bonchev–Trinajstić information content (AvgIpc) is 3.05. The fraction of sp³-hybridized carbons (Fsp3) is 0.273. The number of halogens is 1. The van der Waals surface area contributed by atoms with Crippen molar-refractivity contribution in [3.8, 4) is 5.75 Å². The normalized spacial score (nSPS) is 12.9. The van der Waals surface area contributed by atoms with Crippen LogP contribution >= 0.6 is 15.9 Å². The number of nitrogens with one attached hydrogen (secondary N) is 2. The first-order valence-electron chi connectivity index (χ1n) is 5.70. The van der Waals surface area contributed by atoms with Gasteiger partial charge in [0.15, 0.2) is 0 Å². The second kappa shape index (κ2) is 4.96. The van der Waals surface area contributed by atoms with E-state index in [4.69, 9.17) is 4.74 Å². The molecule has 1 aliphatic heterocycles. The molecular formula is C11H10BrN5O2. The molecule has 0 atom stereocenters. The fourth-order valence-corrected chi connectivity index (χ4v) is 2.54. The van der Waals surface area contributed by atoms with Crippen LogP contribution < -0.4 is 10.1 Å². The third-order valence-electron chi connectivity index (χ3n) is 2.81. The third-order valence-corrected chi connectivity index (χ3v) is 3.27. The summed E-state index contributed by atoms with van der Waals surface area (Å²) in [5.41, 5.74) is 2.08. The first kappa shape index (κ1) is 12.1. The van der Waals surface area contributed by atoms with Gasteiger partial charge in [-0.2, -0.15) is 5.21 Å². The predicted molar refractivity (Wildman–Crippen MR) is 68.7 cm³/mol. The molecule has 0 unspecified atom stereocenters. The van der Waals surface area contributed by atoms with Gasteiger partial charge >= 0.3 is 0 Å². The largest absolute Gasteiger partial charge is 0.493 e. The van der Waals surface area contributed by atoms with Crippen molar-refractivity contribution in [1.29, 1.82) is 0 Å². The highest BCUT2D eigenvalue weighted by Crippen LogP contribution is 2.32. The van der Waals surface area contributed by atoms with Crippen LogP contribution in [-0.4, -0.2) is 33.1 Å². The van der Waals surface area contributed by atoms with Gasteiger partial charge in [0.25, 0.3) is 11.7 Å². The lowest BCUT2D eigenvalue weighted by Crippen LogP contribution is -2.24. The maximum absolute atomic E-state index is 11.7. The number of ether oxygens (including phenoxy) is 1. The van der Waals surface area contributed by atoms with Gasteiger partial charge in [0.2, 0.25) is 0 Å². The monoisotopic (exact) mass is 323 g/mol. The Morgan fingerprint density at radius 2 is 2.42 bits per heavy atom. The first-order chi connectivity index (χ1) is 9.24. The number of benzene rings is 1. The van der Waals surface area contributed by atoms with Gasteiger partial charge in [-0.1, -0.05) is 15.9 Å². The predicted octanol–water partition coefficient (Wildman–Crippen LogP) is 0.827. The number of amides is 1. The molecule has 3 rings (SSSR count). The molecule has 0 aliphatic carbocycles. The minimum atomic E-state index is -0.375. The zero-order chi connectivity index (χ0) is 13.2. The number of aromatic amines is 1. The van der Waals surface area contributed by atoms with E-state index in [0.29, 0.717) is 13.2 Å². The van der Waals surface area contributed by atoms with Crippen molar-refractivity contribution >= 4 is 21.8 Å². The molecule has 19 heavy (non-hydrogen) atoms. The lowest BCUT2D eigenvalue weighted by Gasteiger charge is -2.09. The molecule has 2 heterocycles. The third kappa shape index (κ3) is 2.43. The number of nitrogens with zero attached hydrogens (tertiary/aromatic N) is 3. The molecule has 7 nitrogen and oxygen atoms in total. The van der Waals surface area contributed by atoms with E-state index in [2.05, 4.69) is 41.9 Å². The van der Waals surface area contributed by atoms with E-state index >= 15 is 0 Å². The molecule has 0 radical (unpaired) electrons. The molecule has 0 saturated carbocycles. The van der Waals surface area contributed by atoms with E-state index in [1.807, 2.05) is 12.1 Å². The summed E-state index contributed by atoms with van der Waals surface area (Å²) in [4.78, 5) is 11.7. The Labute approximate surface area is 116 Å². The van der Waals surface area contributed by atoms with Gasteiger partial charge in [-0.3, -0.25) is 4.79 Å². The SMILES string of the molecule is O=C(NCc1cc(Br)cc2c1OCC2)c1nn[nH]n1. The second-order valence-electron chi connectivity index (χ2n) is 4.07. The molecule has 0 saturated heterocycles. The van der Waals surface area contributed by atoms with Crippen LogP contribution in [0.3, 0.4) is 0 Å². The van der Waals surface area contributed by atoms with Gasteiger partial charge < -0.3 is 10.1 Å². The molecule has 2 N–H and O–H groups in total. The molecule has 98 valence electrons. The van der Waals surface area contributed by atoms with Crippen molar-refractivity contribution in [2.24, 2.45) is 0 Å². The number of hydrogen-bond donors (Lipinski definition) is 2. The fourth-order valence-electron chi connectivity index (χ4n) is 1.99. The van der Waals surface area contributed by atoms with E-state index < -0.39 is 0 Å². The Hall–Kier alpha value is -1.96. The van der Waals surface area contributed by atoms with Gasteiger partial charge in [0, 0.05) is 23.0 Å². The van der Waals surface area contributed by atoms with Crippen LogP contribution in [0.4, 0.5) is 0 Å². The lowest BCUT2D eigenvalue weighted by atomic mass is 10.1. The molecule has 1 amide bonds. The number of fused-ring (bicyclic) bond motifs is 1. The number of hydrogen-bond acceptors (Lipinski definition) is 5. The topological polar surface area (TPSA) is 92.8 Å². The highest BCUT2D eigenvalue weighted by Gasteiger charge is 2.18. The van der Waals surface area contributed by atoms with E-state index in [1.54, 1.807) is 0 Å². The summed E-state index contributed by atoms with van der Waals surface area (Å²) < 4.78 is 6.56. The zero-order valence-electron chi connectivity index (χ0n) is 9.81. The van der Waals surface area contributed by atoms with Gasteiger partial charge in [0.1, 0.15) is 5.75 Å². The van der Waals surface area contributed by atoms with Crippen molar-refractivity contribution in [2.75, 3.05) is 6.61 Å². The smallest absolute Gasteiger partial charge is 0.293 e. The molecule has 0 fully saturated rings. The Kier molecular flexibility index (Phi) is 3.16.